The van der Waals surface area contributed by atoms with Crippen LogP contribution in [0.2, 0.25) is 0 Å². The molecule has 5 nitrogen and oxygen atoms in total. The van der Waals surface area contributed by atoms with E-state index in [2.05, 4.69) is 36.2 Å². The molecule has 1 N–H and O–H groups in total. The van der Waals surface area contributed by atoms with E-state index in [1.807, 2.05) is 74.6 Å². The van der Waals surface area contributed by atoms with Gasteiger partial charge in [-0.25, -0.2) is 4.98 Å². The van der Waals surface area contributed by atoms with Crippen molar-refractivity contribution in [1.29, 1.82) is 0 Å². The summed E-state index contributed by atoms with van der Waals surface area (Å²) in [4.78, 5) is 33.1. The molecule has 0 fully saturated rings. The molecule has 3 aromatic carbocycles. The molecule has 37 heavy (non-hydrogen) atoms. The molecule has 0 spiro atoms. The first-order valence-electron chi connectivity index (χ1n) is 12.2. The molecule has 1 aliphatic rings. The van der Waals surface area contributed by atoms with Crippen molar-refractivity contribution in [2.75, 3.05) is 23.0 Å². The average Bonchev–Trinajstić information content (AvgIpc) is 3.09. The van der Waals surface area contributed by atoms with Gasteiger partial charge in [0.2, 0.25) is 5.91 Å². The Labute approximate surface area is 221 Å². The Kier molecular flexibility index (Phi) is 6.61. The molecule has 2 heterocycles. The number of aromatic nitrogens is 1. The van der Waals surface area contributed by atoms with Crippen LogP contribution in [0.5, 0.6) is 0 Å². The molecule has 1 aromatic heterocycles. The number of pyridine rings is 1. The minimum atomic E-state index is -0.296. The van der Waals surface area contributed by atoms with Gasteiger partial charge in [0.15, 0.2) is 5.78 Å². The second-order valence-electron chi connectivity index (χ2n) is 9.82. The van der Waals surface area contributed by atoms with Crippen LogP contribution in [0.4, 0.5) is 11.4 Å². The van der Waals surface area contributed by atoms with Gasteiger partial charge >= 0.3 is 0 Å². The maximum absolute atomic E-state index is 13.7. The Hall–Kier alpha value is -3.90. The van der Waals surface area contributed by atoms with Crippen LogP contribution >= 0.6 is 11.8 Å². The normalized spacial score (nSPS) is 15.1. The molecule has 0 radical (unpaired) electrons. The fourth-order valence-corrected chi connectivity index (χ4v) is 5.58. The summed E-state index contributed by atoms with van der Waals surface area (Å²) in [5.41, 5.74) is 6.18. The number of para-hydroxylation sites is 2. The minimum Gasteiger partial charge on any atom is -0.347 e. The number of fused-ring (bicyclic) bond motifs is 2. The van der Waals surface area contributed by atoms with Gasteiger partial charge in [0.05, 0.1) is 16.3 Å². The Bertz CT molecular complexity index is 1540. The molecule has 0 bridgehead atoms. The fraction of sp³-hybridized carbons (Fsp3) is 0.194. The number of thioether (sulfide) groups is 1. The number of benzene rings is 3. The van der Waals surface area contributed by atoms with Crippen LogP contribution in [0.15, 0.2) is 95.7 Å². The van der Waals surface area contributed by atoms with Gasteiger partial charge in [-0.05, 0) is 42.8 Å². The molecule has 1 amide bonds. The predicted molar refractivity (Wildman–Crippen MR) is 153 cm³/mol. The van der Waals surface area contributed by atoms with E-state index in [4.69, 9.17) is 4.98 Å². The van der Waals surface area contributed by atoms with Crippen LogP contribution in [-0.2, 0) is 10.2 Å². The third kappa shape index (κ3) is 4.89. The molecule has 0 atom stereocenters. The summed E-state index contributed by atoms with van der Waals surface area (Å²) in [6.45, 7) is 6.30. The molecule has 0 saturated heterocycles. The lowest BCUT2D eigenvalue weighted by molar-refractivity contribution is -0.113. The summed E-state index contributed by atoms with van der Waals surface area (Å²) in [7, 11) is 2.01. The van der Waals surface area contributed by atoms with Crippen molar-refractivity contribution in [1.82, 2.24) is 4.98 Å². The zero-order valence-corrected chi connectivity index (χ0v) is 22.2. The Morgan fingerprint density at radius 2 is 1.70 bits per heavy atom. The maximum Gasteiger partial charge on any atom is 0.234 e. The van der Waals surface area contributed by atoms with Crippen molar-refractivity contribution >= 4 is 45.7 Å². The van der Waals surface area contributed by atoms with Crippen LogP contribution in [-0.4, -0.2) is 29.5 Å². The molecule has 0 saturated carbocycles. The largest absolute Gasteiger partial charge is 0.347 e. The van der Waals surface area contributed by atoms with Crippen LogP contribution in [0.25, 0.3) is 10.9 Å². The number of carbonyl (C=O) groups excluding carboxylic acids is 2. The quantitative estimate of drug-likeness (QED) is 0.177. The number of amides is 1. The summed E-state index contributed by atoms with van der Waals surface area (Å²) in [6, 6.07) is 25.4. The van der Waals surface area contributed by atoms with Gasteiger partial charge in [-0.1, -0.05) is 79.7 Å². The Morgan fingerprint density at radius 3 is 2.46 bits per heavy atom. The number of likely N-dealkylation sites (N-methyl/N-ethyl adjacent to an activating group) is 1. The first-order chi connectivity index (χ1) is 17.7. The van der Waals surface area contributed by atoms with Crippen molar-refractivity contribution in [3.8, 4) is 0 Å². The standard InChI is InChI=1S/C31H29N3O2S/c1-20-13-15-21(16-14-20)32-29(36)19-37-30-17-23(22-9-5-7-11-25(22)33-30)27(35)18-28-31(2,3)24-10-6-8-12-26(24)34(28)4/h5-18H,19H2,1-4H3,(H,32,36). The highest BCUT2D eigenvalue weighted by Gasteiger charge is 2.38. The highest BCUT2D eigenvalue weighted by molar-refractivity contribution is 7.99. The van der Waals surface area contributed by atoms with Crippen LogP contribution in [0, 0.1) is 6.92 Å². The Morgan fingerprint density at radius 1 is 1.00 bits per heavy atom. The molecule has 0 unspecified atom stereocenters. The SMILES string of the molecule is Cc1ccc(NC(=O)CSc2cc(C(=O)C=C3N(C)c4ccccc4C3(C)C)c3ccccc3n2)cc1. The van der Waals surface area contributed by atoms with Crippen molar-refractivity contribution in [3.63, 3.8) is 0 Å². The zero-order valence-electron chi connectivity index (χ0n) is 21.4. The van der Waals surface area contributed by atoms with Crippen molar-refractivity contribution in [3.05, 3.63) is 107 Å². The number of anilines is 2. The summed E-state index contributed by atoms with van der Waals surface area (Å²) in [5.74, 6) is -0.00265. The first kappa shape index (κ1) is 24.8. The van der Waals surface area contributed by atoms with E-state index in [0.29, 0.717) is 10.6 Å². The fourth-order valence-electron chi connectivity index (χ4n) is 4.86. The highest BCUT2D eigenvalue weighted by atomic mass is 32.2. The van der Waals surface area contributed by atoms with E-state index in [1.165, 1.54) is 17.3 Å². The number of allylic oxidation sites excluding steroid dienone is 2. The van der Waals surface area contributed by atoms with Gasteiger partial charge in [-0.3, -0.25) is 9.59 Å². The molecule has 186 valence electrons. The van der Waals surface area contributed by atoms with Crippen LogP contribution in [0.1, 0.15) is 35.3 Å². The molecule has 4 aromatic rings. The minimum absolute atomic E-state index is 0.0766. The monoisotopic (exact) mass is 507 g/mol. The third-order valence-electron chi connectivity index (χ3n) is 6.85. The van der Waals surface area contributed by atoms with Crippen molar-refractivity contribution in [2.24, 2.45) is 0 Å². The van der Waals surface area contributed by atoms with E-state index in [0.717, 1.165) is 33.5 Å². The lowest BCUT2D eigenvalue weighted by Gasteiger charge is -2.24. The molecular weight excluding hydrogens is 478 g/mol. The molecule has 0 aliphatic carbocycles. The van der Waals surface area contributed by atoms with Crippen molar-refractivity contribution in [2.45, 2.75) is 31.2 Å². The summed E-state index contributed by atoms with van der Waals surface area (Å²) in [5, 5.41) is 4.36. The number of rotatable bonds is 6. The number of hydrogen-bond donors (Lipinski definition) is 1. The van der Waals surface area contributed by atoms with Gasteiger partial charge in [-0.2, -0.15) is 0 Å². The third-order valence-corrected chi connectivity index (χ3v) is 7.76. The van der Waals surface area contributed by atoms with Gasteiger partial charge in [0.25, 0.3) is 0 Å². The van der Waals surface area contributed by atoms with Crippen LogP contribution in [0.3, 0.4) is 0 Å². The van der Waals surface area contributed by atoms with E-state index in [9.17, 15) is 9.59 Å². The summed E-state index contributed by atoms with van der Waals surface area (Å²) < 4.78 is 0. The number of carbonyl (C=O) groups is 2. The Balaban J connectivity index is 1.42. The van der Waals surface area contributed by atoms with Gasteiger partial charge < -0.3 is 10.2 Å². The van der Waals surface area contributed by atoms with E-state index in [-0.39, 0.29) is 22.9 Å². The van der Waals surface area contributed by atoms with Gasteiger partial charge in [-0.15, -0.1) is 0 Å². The smallest absolute Gasteiger partial charge is 0.234 e. The zero-order chi connectivity index (χ0) is 26.2. The van der Waals surface area contributed by atoms with E-state index in [1.54, 1.807) is 12.1 Å². The van der Waals surface area contributed by atoms with Crippen molar-refractivity contribution < 1.29 is 9.59 Å². The highest BCUT2D eigenvalue weighted by Crippen LogP contribution is 2.46. The second kappa shape index (κ2) is 9.87. The maximum atomic E-state index is 13.7. The number of ketones is 1. The average molecular weight is 508 g/mol. The van der Waals surface area contributed by atoms with E-state index < -0.39 is 0 Å². The molecule has 5 rings (SSSR count). The number of nitrogens with one attached hydrogen (secondary N) is 1. The lowest BCUT2D eigenvalue weighted by atomic mass is 9.83. The number of aryl methyl sites for hydroxylation is 1. The van der Waals surface area contributed by atoms with Crippen LogP contribution < -0.4 is 10.2 Å². The summed E-state index contributed by atoms with van der Waals surface area (Å²) in [6.07, 6.45) is 1.75. The molecule has 6 heteroatoms. The van der Waals surface area contributed by atoms with Gasteiger partial charge in [0.1, 0.15) is 0 Å². The lowest BCUT2D eigenvalue weighted by Crippen LogP contribution is -2.24. The molecule has 1 aliphatic heterocycles. The number of nitrogens with zero attached hydrogens (tertiary/aromatic N) is 2. The van der Waals surface area contributed by atoms with E-state index >= 15 is 0 Å². The summed E-state index contributed by atoms with van der Waals surface area (Å²) >= 11 is 1.32. The number of hydrogen-bond acceptors (Lipinski definition) is 5. The second-order valence-corrected chi connectivity index (χ2v) is 10.8. The topological polar surface area (TPSA) is 62.3 Å². The first-order valence-corrected chi connectivity index (χ1v) is 13.2. The predicted octanol–water partition coefficient (Wildman–Crippen LogP) is 6.77. The molecular formula is C31H29N3O2S. The van der Waals surface area contributed by atoms with Gasteiger partial charge in [0, 0.05) is 46.6 Å².